The normalized spacial score (nSPS) is 19.5. The van der Waals surface area contributed by atoms with Gasteiger partial charge in [-0.3, -0.25) is 4.98 Å². The minimum atomic E-state index is -0.0559. The number of amides is 2. The molecule has 1 aliphatic rings. The summed E-state index contributed by atoms with van der Waals surface area (Å²) in [5, 5.41) is 3.14. The molecular formula is C17H27N3O2. The molecule has 0 aromatic carbocycles. The number of hydrogen-bond acceptors (Lipinski definition) is 3. The van der Waals surface area contributed by atoms with Crippen molar-refractivity contribution in [2.24, 2.45) is 11.8 Å². The van der Waals surface area contributed by atoms with E-state index in [1.165, 1.54) is 0 Å². The second kappa shape index (κ2) is 8.13. The summed E-state index contributed by atoms with van der Waals surface area (Å²) in [6.07, 6.45) is 2.79. The lowest BCUT2D eigenvalue weighted by Gasteiger charge is -2.25. The molecule has 0 saturated carbocycles. The third-order valence-corrected chi connectivity index (χ3v) is 4.08. The number of carbonyl (C=O) groups excluding carboxylic acids is 1. The molecule has 2 rings (SSSR count). The van der Waals surface area contributed by atoms with Crippen molar-refractivity contribution in [1.29, 1.82) is 0 Å². The van der Waals surface area contributed by atoms with Gasteiger partial charge in [-0.25, -0.2) is 4.79 Å². The molecule has 122 valence electrons. The monoisotopic (exact) mass is 305 g/mol. The molecule has 1 aromatic rings. The van der Waals surface area contributed by atoms with E-state index < -0.39 is 0 Å². The third-order valence-electron chi connectivity index (χ3n) is 4.08. The summed E-state index contributed by atoms with van der Waals surface area (Å²) >= 11 is 0. The van der Waals surface area contributed by atoms with Gasteiger partial charge in [0.05, 0.1) is 18.3 Å². The molecule has 1 fully saturated rings. The molecule has 2 atom stereocenters. The van der Waals surface area contributed by atoms with Gasteiger partial charge in [0.25, 0.3) is 0 Å². The number of ether oxygens (including phenoxy) is 1. The smallest absolute Gasteiger partial charge is 0.317 e. The predicted octanol–water partition coefficient (Wildman–Crippen LogP) is 2.85. The van der Waals surface area contributed by atoms with E-state index in [2.05, 4.69) is 24.1 Å². The van der Waals surface area contributed by atoms with Gasteiger partial charge in [-0.1, -0.05) is 19.9 Å². The molecule has 1 aromatic heterocycles. The van der Waals surface area contributed by atoms with E-state index in [0.29, 0.717) is 11.8 Å². The first-order chi connectivity index (χ1) is 10.6. The van der Waals surface area contributed by atoms with Crippen LogP contribution in [0.25, 0.3) is 0 Å². The Bertz CT molecular complexity index is 464. The molecule has 1 saturated heterocycles. The van der Waals surface area contributed by atoms with E-state index in [-0.39, 0.29) is 12.1 Å². The van der Waals surface area contributed by atoms with Crippen molar-refractivity contribution in [1.82, 2.24) is 15.2 Å². The van der Waals surface area contributed by atoms with Crippen molar-refractivity contribution in [3.05, 3.63) is 30.1 Å². The van der Waals surface area contributed by atoms with Gasteiger partial charge in [0.15, 0.2) is 0 Å². The molecule has 5 heteroatoms. The Morgan fingerprint density at radius 3 is 2.95 bits per heavy atom. The average molecular weight is 305 g/mol. The van der Waals surface area contributed by atoms with Gasteiger partial charge >= 0.3 is 6.03 Å². The summed E-state index contributed by atoms with van der Waals surface area (Å²) in [7, 11) is 0. The summed E-state index contributed by atoms with van der Waals surface area (Å²) in [6.45, 7) is 9.25. The molecule has 1 aliphatic heterocycles. The van der Waals surface area contributed by atoms with E-state index in [4.69, 9.17) is 4.74 Å². The number of urea groups is 1. The molecule has 0 unspecified atom stereocenters. The van der Waals surface area contributed by atoms with Gasteiger partial charge in [0, 0.05) is 31.8 Å². The predicted molar refractivity (Wildman–Crippen MR) is 86.5 cm³/mol. The Morgan fingerprint density at radius 2 is 2.32 bits per heavy atom. The van der Waals surface area contributed by atoms with Gasteiger partial charge in [-0.15, -0.1) is 0 Å². The third kappa shape index (κ3) is 4.44. The molecule has 2 amide bonds. The minimum absolute atomic E-state index is 0.00310. The number of likely N-dealkylation sites (tertiary alicyclic amines) is 1. The zero-order chi connectivity index (χ0) is 15.9. The van der Waals surface area contributed by atoms with Crippen LogP contribution in [0.2, 0.25) is 0 Å². The topological polar surface area (TPSA) is 54.5 Å². The largest absolute Gasteiger partial charge is 0.381 e. The van der Waals surface area contributed by atoms with Gasteiger partial charge in [-0.2, -0.15) is 0 Å². The molecule has 5 nitrogen and oxygen atoms in total. The summed E-state index contributed by atoms with van der Waals surface area (Å²) in [4.78, 5) is 18.8. The van der Waals surface area contributed by atoms with Crippen LogP contribution in [0.4, 0.5) is 4.79 Å². The van der Waals surface area contributed by atoms with E-state index >= 15 is 0 Å². The number of pyridine rings is 1. The fourth-order valence-electron chi connectivity index (χ4n) is 2.80. The SMILES string of the molecule is CCOC[C@H]1CCN(C(=O)N[C@@H](c2ccccn2)C(C)C)C1. The number of aromatic nitrogens is 1. The van der Waals surface area contributed by atoms with Crippen LogP contribution in [0.3, 0.4) is 0 Å². The number of nitrogens with one attached hydrogen (secondary N) is 1. The van der Waals surface area contributed by atoms with Crippen LogP contribution in [-0.2, 0) is 4.74 Å². The van der Waals surface area contributed by atoms with Crippen molar-refractivity contribution in [2.45, 2.75) is 33.2 Å². The van der Waals surface area contributed by atoms with Crippen molar-refractivity contribution in [3.63, 3.8) is 0 Å². The van der Waals surface area contributed by atoms with Crippen LogP contribution in [0, 0.1) is 11.8 Å². The summed E-state index contributed by atoms with van der Waals surface area (Å²) in [6, 6.07) is 5.76. The van der Waals surface area contributed by atoms with Gasteiger partial charge < -0.3 is 15.0 Å². The number of nitrogens with zero attached hydrogens (tertiary/aromatic N) is 2. The lowest BCUT2D eigenvalue weighted by molar-refractivity contribution is 0.113. The minimum Gasteiger partial charge on any atom is -0.381 e. The summed E-state index contributed by atoms with van der Waals surface area (Å²) < 4.78 is 5.47. The molecule has 0 radical (unpaired) electrons. The van der Waals surface area contributed by atoms with Crippen molar-refractivity contribution in [3.8, 4) is 0 Å². The molecule has 0 bridgehead atoms. The van der Waals surface area contributed by atoms with Gasteiger partial charge in [0.1, 0.15) is 0 Å². The van der Waals surface area contributed by atoms with E-state index in [1.807, 2.05) is 30.0 Å². The van der Waals surface area contributed by atoms with Crippen molar-refractivity contribution >= 4 is 6.03 Å². The molecule has 0 aliphatic carbocycles. The first-order valence-electron chi connectivity index (χ1n) is 8.16. The lowest BCUT2D eigenvalue weighted by atomic mass is 10.0. The number of carbonyl (C=O) groups is 1. The van der Waals surface area contributed by atoms with Crippen LogP contribution in [0.1, 0.15) is 38.9 Å². The Balaban J connectivity index is 1.92. The first-order valence-corrected chi connectivity index (χ1v) is 8.16. The Kier molecular flexibility index (Phi) is 6.19. The second-order valence-corrected chi connectivity index (χ2v) is 6.19. The maximum absolute atomic E-state index is 12.5. The fourth-order valence-corrected chi connectivity index (χ4v) is 2.80. The molecule has 1 N–H and O–H groups in total. The lowest BCUT2D eigenvalue weighted by Crippen LogP contribution is -2.42. The van der Waals surface area contributed by atoms with Crippen LogP contribution in [0.5, 0.6) is 0 Å². The van der Waals surface area contributed by atoms with Gasteiger partial charge in [0.2, 0.25) is 0 Å². The molecular weight excluding hydrogens is 278 g/mol. The first kappa shape index (κ1) is 16.7. The maximum Gasteiger partial charge on any atom is 0.317 e. The maximum atomic E-state index is 12.5. The standard InChI is InChI=1S/C17H27N3O2/c1-4-22-12-14-8-10-20(11-14)17(21)19-16(13(2)3)15-7-5-6-9-18-15/h5-7,9,13-14,16H,4,8,10-12H2,1-3H3,(H,19,21)/t14-,16+/m0/s1. The Labute approximate surface area is 133 Å². The van der Waals surface area contributed by atoms with Crippen molar-refractivity contribution in [2.75, 3.05) is 26.3 Å². The van der Waals surface area contributed by atoms with E-state index in [9.17, 15) is 4.79 Å². The molecule has 2 heterocycles. The summed E-state index contributed by atoms with van der Waals surface area (Å²) in [5.74, 6) is 0.749. The highest BCUT2D eigenvalue weighted by Crippen LogP contribution is 2.22. The highest BCUT2D eigenvalue weighted by atomic mass is 16.5. The van der Waals surface area contributed by atoms with Gasteiger partial charge in [-0.05, 0) is 31.4 Å². The quantitative estimate of drug-likeness (QED) is 0.879. The van der Waals surface area contributed by atoms with Crippen LogP contribution in [-0.4, -0.2) is 42.2 Å². The molecule has 22 heavy (non-hydrogen) atoms. The van der Waals surface area contributed by atoms with Crippen LogP contribution >= 0.6 is 0 Å². The van der Waals surface area contributed by atoms with Crippen LogP contribution < -0.4 is 5.32 Å². The number of rotatable bonds is 6. The average Bonchev–Trinajstić information content (AvgIpc) is 3.00. The second-order valence-electron chi connectivity index (χ2n) is 6.19. The van der Waals surface area contributed by atoms with Crippen LogP contribution in [0.15, 0.2) is 24.4 Å². The Hall–Kier alpha value is -1.62. The van der Waals surface area contributed by atoms with E-state index in [0.717, 1.165) is 38.4 Å². The fraction of sp³-hybridized carbons (Fsp3) is 0.647. The van der Waals surface area contributed by atoms with Crippen molar-refractivity contribution < 1.29 is 9.53 Å². The number of hydrogen-bond donors (Lipinski definition) is 1. The summed E-state index contributed by atoms with van der Waals surface area (Å²) in [5.41, 5.74) is 0.913. The van der Waals surface area contributed by atoms with E-state index in [1.54, 1.807) is 6.20 Å². The molecule has 0 spiro atoms. The zero-order valence-corrected chi connectivity index (χ0v) is 13.8. The highest BCUT2D eigenvalue weighted by molar-refractivity contribution is 5.75. The highest BCUT2D eigenvalue weighted by Gasteiger charge is 2.28. The Morgan fingerprint density at radius 1 is 1.50 bits per heavy atom. The zero-order valence-electron chi connectivity index (χ0n) is 13.8.